The van der Waals surface area contributed by atoms with E-state index in [1.165, 1.54) is 0 Å². The SMILES string of the molecule is C[C@@]12OC(=O)[C@]1([C@@H](O)[C@]1(C)C=CCCC1)CC(=O)[C@@H]2CC(Cl)CC[Si](C)(C)O. The monoisotopic (exact) mass is 428 g/mol. The van der Waals surface area contributed by atoms with E-state index in [1.54, 1.807) is 6.92 Å². The lowest BCUT2D eigenvalue weighted by Crippen LogP contribution is -2.71. The van der Waals surface area contributed by atoms with Crippen LogP contribution in [0.25, 0.3) is 0 Å². The summed E-state index contributed by atoms with van der Waals surface area (Å²) in [5.41, 5.74) is -2.75. The van der Waals surface area contributed by atoms with Crippen molar-refractivity contribution >= 4 is 31.7 Å². The van der Waals surface area contributed by atoms with Gasteiger partial charge in [-0.25, -0.2) is 0 Å². The topological polar surface area (TPSA) is 83.8 Å². The molecule has 0 bridgehead atoms. The van der Waals surface area contributed by atoms with E-state index in [2.05, 4.69) is 0 Å². The van der Waals surface area contributed by atoms with Crippen LogP contribution < -0.4 is 0 Å². The van der Waals surface area contributed by atoms with Crippen LogP contribution in [0.3, 0.4) is 0 Å². The van der Waals surface area contributed by atoms with Crippen molar-refractivity contribution in [2.75, 3.05) is 0 Å². The molecule has 1 saturated heterocycles. The van der Waals surface area contributed by atoms with Gasteiger partial charge in [-0.2, -0.15) is 0 Å². The van der Waals surface area contributed by atoms with Crippen LogP contribution in [-0.2, 0) is 14.3 Å². The molecule has 2 fully saturated rings. The first-order valence-corrected chi connectivity index (χ1v) is 13.9. The van der Waals surface area contributed by atoms with Crippen molar-refractivity contribution in [1.29, 1.82) is 0 Å². The van der Waals surface area contributed by atoms with Gasteiger partial charge in [0.15, 0.2) is 8.32 Å². The number of ether oxygens (including phenoxy) is 1. The quantitative estimate of drug-likeness (QED) is 0.280. The van der Waals surface area contributed by atoms with E-state index in [1.807, 2.05) is 32.2 Å². The van der Waals surface area contributed by atoms with Gasteiger partial charge >= 0.3 is 5.97 Å². The van der Waals surface area contributed by atoms with Crippen molar-refractivity contribution in [3.63, 3.8) is 0 Å². The third-order valence-corrected chi connectivity index (χ3v) is 9.21. The second-order valence-corrected chi connectivity index (χ2v) is 14.8. The van der Waals surface area contributed by atoms with Crippen LogP contribution in [0.15, 0.2) is 12.2 Å². The lowest BCUT2D eigenvalue weighted by molar-refractivity contribution is -0.268. The summed E-state index contributed by atoms with van der Waals surface area (Å²) in [5.74, 6) is -1.03. The van der Waals surface area contributed by atoms with Gasteiger partial charge < -0.3 is 14.6 Å². The molecule has 1 aliphatic heterocycles. The Hall–Kier alpha value is -0.693. The first-order valence-electron chi connectivity index (χ1n) is 10.3. The zero-order chi connectivity index (χ0) is 21.0. The number of esters is 1. The molecule has 7 heteroatoms. The zero-order valence-corrected chi connectivity index (χ0v) is 19.1. The van der Waals surface area contributed by atoms with E-state index < -0.39 is 42.7 Å². The van der Waals surface area contributed by atoms with Gasteiger partial charge in [-0.05, 0) is 58.2 Å². The minimum absolute atomic E-state index is 0.0153. The lowest BCUT2D eigenvalue weighted by Gasteiger charge is -2.57. The summed E-state index contributed by atoms with van der Waals surface area (Å²) in [6.45, 7) is 7.49. The maximum absolute atomic E-state index is 13.0. The number of ketones is 1. The van der Waals surface area contributed by atoms with Crippen molar-refractivity contribution < 1.29 is 24.2 Å². The van der Waals surface area contributed by atoms with Crippen LogP contribution in [0.4, 0.5) is 0 Å². The minimum Gasteiger partial charge on any atom is -0.457 e. The summed E-state index contributed by atoms with van der Waals surface area (Å²) in [5, 5.41) is 11.1. The number of alkyl halides is 1. The summed E-state index contributed by atoms with van der Waals surface area (Å²) < 4.78 is 5.60. The third-order valence-electron chi connectivity index (χ3n) is 7.30. The molecule has 1 saturated carbocycles. The number of hydrogen-bond donors (Lipinski definition) is 2. The Morgan fingerprint density at radius 3 is 2.57 bits per heavy atom. The second-order valence-electron chi connectivity index (χ2n) is 10.1. The molecule has 0 aromatic rings. The molecule has 0 radical (unpaired) electrons. The van der Waals surface area contributed by atoms with Gasteiger partial charge in [-0.3, -0.25) is 9.59 Å². The van der Waals surface area contributed by atoms with Crippen LogP contribution in [0.5, 0.6) is 0 Å². The van der Waals surface area contributed by atoms with Gasteiger partial charge in [-0.1, -0.05) is 19.1 Å². The van der Waals surface area contributed by atoms with Crippen molar-refractivity contribution in [2.45, 2.75) is 88.6 Å². The number of halogens is 1. The van der Waals surface area contributed by atoms with E-state index in [0.29, 0.717) is 18.9 Å². The smallest absolute Gasteiger partial charge is 0.319 e. The average molecular weight is 429 g/mol. The van der Waals surface area contributed by atoms with Gasteiger partial charge in [0.05, 0.1) is 12.0 Å². The highest BCUT2D eigenvalue weighted by Gasteiger charge is 2.79. The summed E-state index contributed by atoms with van der Waals surface area (Å²) in [4.78, 5) is 35.7. The lowest BCUT2D eigenvalue weighted by atomic mass is 9.56. The maximum Gasteiger partial charge on any atom is 0.319 e. The molecule has 158 valence electrons. The van der Waals surface area contributed by atoms with E-state index in [-0.39, 0.29) is 17.6 Å². The van der Waals surface area contributed by atoms with Crippen molar-refractivity contribution in [2.24, 2.45) is 16.7 Å². The summed E-state index contributed by atoms with van der Waals surface area (Å²) in [6.07, 6.45) is 6.83. The van der Waals surface area contributed by atoms with Crippen LogP contribution in [0.1, 0.15) is 52.4 Å². The van der Waals surface area contributed by atoms with Gasteiger partial charge in [0.25, 0.3) is 0 Å². The van der Waals surface area contributed by atoms with Crippen LogP contribution >= 0.6 is 11.6 Å². The predicted molar refractivity (Wildman–Crippen MR) is 111 cm³/mol. The number of hydrogen-bond acceptors (Lipinski definition) is 5. The Bertz CT molecular complexity index is 689. The van der Waals surface area contributed by atoms with Crippen LogP contribution in [0, 0.1) is 16.7 Å². The molecule has 0 aromatic carbocycles. The number of aliphatic hydroxyl groups excluding tert-OH is 1. The predicted octanol–water partition coefficient (Wildman–Crippen LogP) is 3.57. The van der Waals surface area contributed by atoms with Crippen molar-refractivity contribution in [3.8, 4) is 0 Å². The molecule has 3 rings (SSSR count). The molecule has 28 heavy (non-hydrogen) atoms. The fourth-order valence-electron chi connectivity index (χ4n) is 5.41. The van der Waals surface area contributed by atoms with Gasteiger partial charge in [0.2, 0.25) is 0 Å². The van der Waals surface area contributed by atoms with Gasteiger partial charge in [0, 0.05) is 17.2 Å². The number of carbonyl (C=O) groups is 2. The van der Waals surface area contributed by atoms with Crippen molar-refractivity contribution in [3.05, 3.63) is 12.2 Å². The fraction of sp³-hybridized carbons (Fsp3) is 0.810. The maximum atomic E-state index is 13.0. The molecule has 0 spiro atoms. The van der Waals surface area contributed by atoms with E-state index >= 15 is 0 Å². The molecular weight excluding hydrogens is 396 g/mol. The van der Waals surface area contributed by atoms with E-state index in [4.69, 9.17) is 16.3 Å². The molecule has 2 N–H and O–H groups in total. The highest BCUT2D eigenvalue weighted by atomic mass is 35.5. The van der Waals surface area contributed by atoms with Crippen LogP contribution in [-0.4, -0.2) is 47.1 Å². The number of rotatable bonds is 7. The molecule has 6 atom stereocenters. The Kier molecular flexibility index (Phi) is 5.67. The van der Waals surface area contributed by atoms with Gasteiger partial charge in [0.1, 0.15) is 16.8 Å². The molecular formula is C21H33ClO5Si. The first-order chi connectivity index (χ1) is 12.9. The highest BCUT2D eigenvalue weighted by molar-refractivity contribution is 6.69. The molecule has 0 amide bonds. The second kappa shape index (κ2) is 7.22. The Labute approximate surface area is 173 Å². The average Bonchev–Trinajstić information content (AvgIpc) is 2.77. The Morgan fingerprint density at radius 1 is 1.36 bits per heavy atom. The zero-order valence-electron chi connectivity index (χ0n) is 17.3. The number of allylic oxidation sites excluding steroid dienone is 1. The standard InChI is InChI=1S/C21H33ClO5Si/c1-19(9-6-5-7-10-19)17(24)21-13-16(23)15(20(21,2)27-18(21)25)12-14(22)8-11-28(3,4)26/h6,9,14-15,17,24,26H,5,7-8,10-13H2,1-4H3/t14?,15-,17-,19+,20-,21+/m0/s1. The van der Waals surface area contributed by atoms with Crippen molar-refractivity contribution in [1.82, 2.24) is 0 Å². The molecule has 0 aromatic heterocycles. The molecule has 3 aliphatic rings. The number of fused-ring (bicyclic) bond motifs is 1. The molecule has 2 aliphatic carbocycles. The minimum atomic E-state index is -2.21. The Balaban J connectivity index is 1.82. The number of Topliss-reactive ketones (excluding diaryl/α,β-unsaturated/α-hetero) is 1. The largest absolute Gasteiger partial charge is 0.457 e. The molecule has 5 nitrogen and oxygen atoms in total. The molecule has 1 heterocycles. The normalized spacial score (nSPS) is 39.9. The first kappa shape index (κ1) is 22.0. The number of aliphatic hydroxyl groups is 1. The highest BCUT2D eigenvalue weighted by Crippen LogP contribution is 2.64. The van der Waals surface area contributed by atoms with Crippen LogP contribution in [0.2, 0.25) is 19.1 Å². The summed E-state index contributed by atoms with van der Waals surface area (Å²) >= 11 is 6.51. The summed E-state index contributed by atoms with van der Waals surface area (Å²) in [7, 11) is -2.21. The Morgan fingerprint density at radius 2 is 2.04 bits per heavy atom. The third kappa shape index (κ3) is 3.40. The number of carbonyl (C=O) groups excluding carboxylic acids is 2. The summed E-state index contributed by atoms with van der Waals surface area (Å²) in [6, 6.07) is 0.662. The van der Waals surface area contributed by atoms with E-state index in [9.17, 15) is 19.5 Å². The molecule has 1 unspecified atom stereocenters. The van der Waals surface area contributed by atoms with E-state index in [0.717, 1.165) is 19.3 Å². The van der Waals surface area contributed by atoms with Gasteiger partial charge in [-0.15, -0.1) is 11.6 Å². The fourth-order valence-corrected chi connectivity index (χ4v) is 6.94.